The number of para-hydroxylation sites is 2. The van der Waals surface area contributed by atoms with Gasteiger partial charge in [-0.25, -0.2) is 0 Å². The van der Waals surface area contributed by atoms with E-state index in [2.05, 4.69) is 10.6 Å². The fraction of sp³-hybridized carbons (Fsp3) is 0.364. The molecule has 1 aromatic rings. The molecule has 0 radical (unpaired) electrons. The molecule has 0 heterocycles. The van der Waals surface area contributed by atoms with Crippen molar-refractivity contribution in [1.29, 1.82) is 0 Å². The Kier molecular flexibility index (Phi) is 5.60. The summed E-state index contributed by atoms with van der Waals surface area (Å²) in [5.41, 5.74) is 0.847. The van der Waals surface area contributed by atoms with E-state index in [1.54, 1.807) is 14.2 Å². The van der Waals surface area contributed by atoms with Crippen LogP contribution in [0.1, 0.15) is 0 Å². The first-order valence-corrected chi connectivity index (χ1v) is 5.35. The third-order valence-electron chi connectivity index (χ3n) is 1.95. The summed E-state index contributed by atoms with van der Waals surface area (Å²) in [4.78, 5) is 0. The zero-order valence-electron chi connectivity index (χ0n) is 9.45. The number of ether oxygens (including phenoxy) is 2. The average molecular weight is 240 g/mol. The first-order chi connectivity index (χ1) is 7.77. The maximum absolute atomic E-state index is 5.20. The molecule has 0 fully saturated rings. The van der Waals surface area contributed by atoms with Gasteiger partial charge in [0, 0.05) is 13.7 Å². The Labute approximate surface area is 101 Å². The van der Waals surface area contributed by atoms with Gasteiger partial charge in [-0.15, -0.1) is 0 Å². The van der Waals surface area contributed by atoms with E-state index in [0.29, 0.717) is 18.3 Å². The van der Waals surface area contributed by atoms with Crippen molar-refractivity contribution in [2.75, 3.05) is 32.7 Å². The summed E-state index contributed by atoms with van der Waals surface area (Å²) in [6.07, 6.45) is 0. The van der Waals surface area contributed by atoms with Crippen molar-refractivity contribution in [3.63, 3.8) is 0 Å². The van der Waals surface area contributed by atoms with Crippen LogP contribution in [0.5, 0.6) is 5.75 Å². The summed E-state index contributed by atoms with van der Waals surface area (Å²) in [6.45, 7) is 1.30. The van der Waals surface area contributed by atoms with E-state index >= 15 is 0 Å². The molecule has 2 N–H and O–H groups in total. The van der Waals surface area contributed by atoms with Crippen molar-refractivity contribution >= 4 is 23.0 Å². The quantitative estimate of drug-likeness (QED) is 0.605. The molecule has 16 heavy (non-hydrogen) atoms. The second-order valence-electron chi connectivity index (χ2n) is 3.07. The molecule has 0 amide bonds. The van der Waals surface area contributed by atoms with E-state index in [0.717, 1.165) is 11.4 Å². The monoisotopic (exact) mass is 240 g/mol. The highest BCUT2D eigenvalue weighted by Crippen LogP contribution is 2.22. The number of nitrogens with one attached hydrogen (secondary N) is 2. The van der Waals surface area contributed by atoms with Gasteiger partial charge in [-0.05, 0) is 24.4 Å². The topological polar surface area (TPSA) is 42.5 Å². The lowest BCUT2D eigenvalue weighted by atomic mass is 10.3. The molecule has 0 saturated heterocycles. The second kappa shape index (κ2) is 7.03. The molecular formula is C11H16N2O2S. The van der Waals surface area contributed by atoms with Crippen LogP contribution in [0.2, 0.25) is 0 Å². The van der Waals surface area contributed by atoms with Crippen molar-refractivity contribution in [2.24, 2.45) is 0 Å². The van der Waals surface area contributed by atoms with Gasteiger partial charge in [0.15, 0.2) is 5.11 Å². The molecule has 0 saturated carbocycles. The van der Waals surface area contributed by atoms with Crippen molar-refractivity contribution < 1.29 is 9.47 Å². The summed E-state index contributed by atoms with van der Waals surface area (Å²) in [5, 5.41) is 6.64. The Morgan fingerprint density at radius 1 is 1.31 bits per heavy atom. The Balaban J connectivity index is 2.49. The van der Waals surface area contributed by atoms with Gasteiger partial charge < -0.3 is 20.1 Å². The molecular weight excluding hydrogens is 224 g/mol. The fourth-order valence-electron chi connectivity index (χ4n) is 1.18. The molecule has 0 spiro atoms. The van der Waals surface area contributed by atoms with Gasteiger partial charge >= 0.3 is 0 Å². The SMILES string of the molecule is COCCNC(=S)Nc1ccccc1OC. The summed E-state index contributed by atoms with van der Waals surface area (Å²) in [6, 6.07) is 7.61. The lowest BCUT2D eigenvalue weighted by Gasteiger charge is -2.12. The number of anilines is 1. The van der Waals surface area contributed by atoms with E-state index in [1.807, 2.05) is 24.3 Å². The minimum Gasteiger partial charge on any atom is -0.495 e. The molecule has 0 unspecified atom stereocenters. The molecule has 5 heteroatoms. The molecule has 1 rings (SSSR count). The second-order valence-corrected chi connectivity index (χ2v) is 3.48. The normalized spacial score (nSPS) is 9.62. The maximum atomic E-state index is 5.20. The van der Waals surface area contributed by atoms with Gasteiger partial charge in [0.25, 0.3) is 0 Å². The van der Waals surface area contributed by atoms with Crippen LogP contribution in [0, 0.1) is 0 Å². The van der Waals surface area contributed by atoms with Crippen LogP contribution in [-0.2, 0) is 4.74 Å². The number of rotatable bonds is 5. The Morgan fingerprint density at radius 3 is 2.75 bits per heavy atom. The van der Waals surface area contributed by atoms with E-state index in [1.165, 1.54) is 0 Å². The number of thiocarbonyl (C=S) groups is 1. The van der Waals surface area contributed by atoms with Gasteiger partial charge in [-0.2, -0.15) is 0 Å². The lowest BCUT2D eigenvalue weighted by Crippen LogP contribution is -2.31. The van der Waals surface area contributed by atoms with Gasteiger partial charge in [-0.3, -0.25) is 0 Å². The molecule has 0 aliphatic heterocycles. The summed E-state index contributed by atoms with van der Waals surface area (Å²) < 4.78 is 10.1. The standard InChI is InChI=1S/C11H16N2O2S/c1-14-8-7-12-11(16)13-9-5-3-4-6-10(9)15-2/h3-6H,7-8H2,1-2H3,(H2,12,13,16). The van der Waals surface area contributed by atoms with Gasteiger partial charge in [0.05, 0.1) is 19.4 Å². The average Bonchev–Trinajstić information content (AvgIpc) is 2.30. The molecule has 0 aromatic heterocycles. The lowest BCUT2D eigenvalue weighted by molar-refractivity contribution is 0.204. The summed E-state index contributed by atoms with van der Waals surface area (Å²) >= 11 is 5.12. The molecule has 0 bridgehead atoms. The highest BCUT2D eigenvalue weighted by atomic mass is 32.1. The zero-order chi connectivity index (χ0) is 11.8. The van der Waals surface area contributed by atoms with Crippen LogP contribution in [0.15, 0.2) is 24.3 Å². The zero-order valence-corrected chi connectivity index (χ0v) is 10.3. The summed E-state index contributed by atoms with van der Waals surface area (Å²) in [7, 11) is 3.28. The fourth-order valence-corrected chi connectivity index (χ4v) is 1.39. The number of hydrogen-bond acceptors (Lipinski definition) is 3. The molecule has 1 aromatic carbocycles. The number of hydrogen-bond donors (Lipinski definition) is 2. The maximum Gasteiger partial charge on any atom is 0.170 e. The first kappa shape index (κ1) is 12.7. The van der Waals surface area contributed by atoms with Crippen molar-refractivity contribution in [3.8, 4) is 5.75 Å². The molecule has 4 nitrogen and oxygen atoms in total. The predicted octanol–water partition coefficient (Wildman–Crippen LogP) is 1.63. The van der Waals surface area contributed by atoms with E-state index < -0.39 is 0 Å². The Bertz CT molecular complexity index is 345. The molecule has 88 valence electrons. The summed E-state index contributed by atoms with van der Waals surface area (Å²) in [5.74, 6) is 0.762. The first-order valence-electron chi connectivity index (χ1n) is 4.94. The minimum absolute atomic E-state index is 0.557. The van der Waals surface area contributed by atoms with Crippen LogP contribution in [0.25, 0.3) is 0 Å². The third kappa shape index (κ3) is 4.04. The van der Waals surface area contributed by atoms with Crippen LogP contribution in [-0.4, -0.2) is 32.5 Å². The Morgan fingerprint density at radius 2 is 2.06 bits per heavy atom. The highest BCUT2D eigenvalue weighted by Gasteiger charge is 2.02. The number of benzene rings is 1. The number of methoxy groups -OCH3 is 2. The van der Waals surface area contributed by atoms with Crippen molar-refractivity contribution in [2.45, 2.75) is 0 Å². The van der Waals surface area contributed by atoms with Gasteiger partial charge in [0.1, 0.15) is 5.75 Å². The van der Waals surface area contributed by atoms with E-state index in [-0.39, 0.29) is 0 Å². The Hall–Kier alpha value is -1.33. The third-order valence-corrected chi connectivity index (χ3v) is 2.19. The molecule has 0 aliphatic carbocycles. The van der Waals surface area contributed by atoms with Crippen LogP contribution in [0.4, 0.5) is 5.69 Å². The van der Waals surface area contributed by atoms with E-state index in [9.17, 15) is 0 Å². The predicted molar refractivity (Wildman–Crippen MR) is 69.1 cm³/mol. The largest absolute Gasteiger partial charge is 0.495 e. The van der Waals surface area contributed by atoms with Crippen LogP contribution in [0.3, 0.4) is 0 Å². The van der Waals surface area contributed by atoms with Crippen LogP contribution < -0.4 is 15.4 Å². The van der Waals surface area contributed by atoms with Gasteiger partial charge in [0.2, 0.25) is 0 Å². The van der Waals surface area contributed by atoms with Gasteiger partial charge in [-0.1, -0.05) is 12.1 Å². The van der Waals surface area contributed by atoms with Crippen LogP contribution >= 0.6 is 12.2 Å². The minimum atomic E-state index is 0.557. The smallest absolute Gasteiger partial charge is 0.170 e. The van der Waals surface area contributed by atoms with Crippen molar-refractivity contribution in [1.82, 2.24) is 5.32 Å². The highest BCUT2D eigenvalue weighted by molar-refractivity contribution is 7.80. The molecule has 0 atom stereocenters. The van der Waals surface area contributed by atoms with Crippen molar-refractivity contribution in [3.05, 3.63) is 24.3 Å². The molecule has 0 aliphatic rings. The van der Waals surface area contributed by atoms with E-state index in [4.69, 9.17) is 21.7 Å².